The van der Waals surface area contributed by atoms with Gasteiger partial charge in [0.15, 0.2) is 0 Å². The Morgan fingerprint density at radius 2 is 2.15 bits per heavy atom. The number of ketones is 1. The summed E-state index contributed by atoms with van der Waals surface area (Å²) in [5, 5.41) is 9.15. The number of nitrogens with one attached hydrogen (secondary N) is 2. The second-order valence-corrected chi connectivity index (χ2v) is 8.99. The molecule has 1 aliphatic heterocycles. The molecule has 4 unspecified atom stereocenters. The molecule has 1 fully saturated rings. The van der Waals surface area contributed by atoms with Gasteiger partial charge in [0.25, 0.3) is 0 Å². The van der Waals surface area contributed by atoms with Gasteiger partial charge in [-0.15, -0.1) is 0 Å². The summed E-state index contributed by atoms with van der Waals surface area (Å²) in [5.74, 6) is 0.362. The summed E-state index contributed by atoms with van der Waals surface area (Å²) in [4.78, 5) is 12.0. The number of hydrogen-bond acceptors (Lipinski definition) is 5. The van der Waals surface area contributed by atoms with Gasteiger partial charge in [-0.3, -0.25) is 0 Å². The second-order valence-electron chi connectivity index (χ2n) is 5.04. The number of rotatable bonds is 11. The molecule has 2 N–H and O–H groups in total. The zero-order valence-corrected chi connectivity index (χ0v) is 16.5. The molecule has 1 rings (SSSR count). The van der Waals surface area contributed by atoms with Crippen molar-refractivity contribution in [1.82, 2.24) is 10.4 Å². The Hall–Kier alpha value is 1.34. The van der Waals surface area contributed by atoms with Gasteiger partial charge in [-0.05, 0) is 0 Å². The topological polar surface area (TPSA) is 41.1 Å². The van der Waals surface area contributed by atoms with Gasteiger partial charge in [0, 0.05) is 0 Å². The minimum absolute atomic E-state index is 0.0587. The molecule has 0 bridgehead atoms. The quantitative estimate of drug-likeness (QED) is 0.231. The average Bonchev–Trinajstić information content (AvgIpc) is 2.93. The van der Waals surface area contributed by atoms with E-state index in [1.165, 1.54) is 6.42 Å². The predicted octanol–water partition coefficient (Wildman–Crippen LogP) is 2.96. The van der Waals surface area contributed by atoms with Gasteiger partial charge in [0.2, 0.25) is 0 Å². The summed E-state index contributed by atoms with van der Waals surface area (Å²) >= 11 is 3.02. The molecule has 3 nitrogen and oxygen atoms in total. The predicted molar refractivity (Wildman–Crippen MR) is 90.8 cm³/mol. The zero-order chi connectivity index (χ0) is 14.8. The molecule has 0 radical (unpaired) electrons. The molecule has 0 aliphatic carbocycles. The molecular weight excluding hydrogens is 398 g/mol. The Labute approximate surface area is 143 Å². The van der Waals surface area contributed by atoms with E-state index in [-0.39, 0.29) is 6.04 Å². The third-order valence-corrected chi connectivity index (χ3v) is 8.26. The summed E-state index contributed by atoms with van der Waals surface area (Å²) in [6.45, 7) is 3.93. The first-order valence-corrected chi connectivity index (χ1v) is 11.3. The minimum atomic E-state index is 0.0587. The van der Waals surface area contributed by atoms with E-state index in [1.54, 1.807) is 0 Å². The number of unbranched alkanes of at least 4 members (excludes halogenated alkanes) is 1. The van der Waals surface area contributed by atoms with Gasteiger partial charge in [-0.2, -0.15) is 0 Å². The Morgan fingerprint density at radius 1 is 1.40 bits per heavy atom. The molecule has 4 atom stereocenters. The van der Waals surface area contributed by atoms with Gasteiger partial charge in [0.1, 0.15) is 0 Å². The van der Waals surface area contributed by atoms with Crippen molar-refractivity contribution in [2.24, 2.45) is 0 Å². The van der Waals surface area contributed by atoms with Crippen LogP contribution in [0.25, 0.3) is 0 Å². The van der Waals surface area contributed by atoms with Crippen LogP contribution in [-0.4, -0.2) is 35.4 Å². The van der Waals surface area contributed by atoms with Crippen molar-refractivity contribution in [3.63, 3.8) is 0 Å². The van der Waals surface area contributed by atoms with E-state index in [0.717, 1.165) is 42.6 Å². The SMILES string of the molecule is CCC(=O)C(CCCCNP)NCC1CC([CH2][Rh])SS1. The Morgan fingerprint density at radius 3 is 2.75 bits per heavy atom. The van der Waals surface area contributed by atoms with Gasteiger partial charge >= 0.3 is 135 Å². The molecule has 0 aromatic carbocycles. The van der Waals surface area contributed by atoms with E-state index in [4.69, 9.17) is 0 Å². The van der Waals surface area contributed by atoms with Crippen molar-refractivity contribution in [2.45, 2.75) is 60.6 Å². The number of carbonyl (C=O) groups excluding carboxylic acids is 1. The normalized spacial score (nSPS) is 24.0. The second kappa shape index (κ2) is 11.9. The molecular formula is C13H26N2OPRhS2. The van der Waals surface area contributed by atoms with Crippen LogP contribution in [0.4, 0.5) is 0 Å². The van der Waals surface area contributed by atoms with Crippen LogP contribution in [0.15, 0.2) is 0 Å². The van der Waals surface area contributed by atoms with Crippen LogP contribution in [0.1, 0.15) is 39.0 Å². The first-order chi connectivity index (χ1) is 9.71. The van der Waals surface area contributed by atoms with E-state index in [1.807, 2.05) is 28.5 Å². The Bertz CT molecular complexity index is 287. The molecule has 7 heteroatoms. The fourth-order valence-corrected chi connectivity index (χ4v) is 6.70. The molecule has 0 spiro atoms. The molecule has 120 valence electrons. The summed E-state index contributed by atoms with van der Waals surface area (Å²) < 4.78 is 0. The zero-order valence-electron chi connectivity index (χ0n) is 12.0. The van der Waals surface area contributed by atoms with Crippen LogP contribution in [-0.2, 0) is 23.1 Å². The van der Waals surface area contributed by atoms with E-state index < -0.39 is 0 Å². The van der Waals surface area contributed by atoms with E-state index in [2.05, 4.69) is 38.1 Å². The molecule has 0 saturated carbocycles. The number of Topliss-reactive ketones (excluding diaryl/α,β-unsaturated/α-hetero) is 1. The van der Waals surface area contributed by atoms with Crippen LogP contribution in [0, 0.1) is 0 Å². The third kappa shape index (κ3) is 7.56. The van der Waals surface area contributed by atoms with Crippen molar-refractivity contribution in [2.75, 3.05) is 13.1 Å². The molecule has 0 aromatic heterocycles. The third-order valence-electron chi connectivity index (χ3n) is 3.40. The molecule has 0 aromatic rings. The van der Waals surface area contributed by atoms with Crippen molar-refractivity contribution in [1.29, 1.82) is 0 Å². The summed E-state index contributed by atoms with van der Waals surface area (Å²) in [6.07, 6.45) is 5.09. The van der Waals surface area contributed by atoms with Gasteiger partial charge < -0.3 is 0 Å². The van der Waals surface area contributed by atoms with Crippen LogP contribution < -0.4 is 10.4 Å². The Balaban J connectivity index is 2.27. The van der Waals surface area contributed by atoms with Crippen LogP contribution in [0.2, 0.25) is 5.02 Å². The first kappa shape index (κ1) is 19.4. The monoisotopic (exact) mass is 424 g/mol. The maximum absolute atomic E-state index is 12.0. The fraction of sp³-hybridized carbons (Fsp3) is 0.923. The number of carbonyl (C=O) groups is 1. The first-order valence-electron chi connectivity index (χ1n) is 7.25. The number of hydrogen-bond donors (Lipinski definition) is 2. The maximum atomic E-state index is 12.0. The van der Waals surface area contributed by atoms with Gasteiger partial charge in [0.05, 0.1) is 0 Å². The molecule has 1 aliphatic rings. The standard InChI is InChI=1S/C13H26N2OPS2.Rh/c1-3-13(16)12(6-4-5-7-15-17)14-9-11-8-10(2)18-19-11;/h10-12,14-15H,2-9,17H2,1H3;. The van der Waals surface area contributed by atoms with Gasteiger partial charge in [-0.1, -0.05) is 9.39 Å². The van der Waals surface area contributed by atoms with E-state index in [9.17, 15) is 4.79 Å². The Kier molecular flexibility index (Phi) is 11.5. The van der Waals surface area contributed by atoms with Crippen LogP contribution in [0.3, 0.4) is 0 Å². The van der Waals surface area contributed by atoms with Gasteiger partial charge in [-0.25, -0.2) is 0 Å². The average molecular weight is 424 g/mol. The molecule has 20 heavy (non-hydrogen) atoms. The van der Waals surface area contributed by atoms with Crippen molar-refractivity contribution < 1.29 is 23.1 Å². The summed E-state index contributed by atoms with van der Waals surface area (Å²) in [7, 11) is 6.50. The van der Waals surface area contributed by atoms with Crippen molar-refractivity contribution in [3.8, 4) is 0 Å². The molecule has 0 amide bonds. The van der Waals surface area contributed by atoms with E-state index in [0.29, 0.717) is 17.5 Å². The molecule has 1 heterocycles. The molecule has 1 saturated heterocycles. The fourth-order valence-electron chi connectivity index (χ4n) is 2.20. The van der Waals surface area contributed by atoms with Crippen LogP contribution in [0.5, 0.6) is 0 Å². The van der Waals surface area contributed by atoms with Crippen molar-refractivity contribution in [3.05, 3.63) is 0 Å². The summed E-state index contributed by atoms with van der Waals surface area (Å²) in [5.41, 5.74) is 0. The van der Waals surface area contributed by atoms with Crippen molar-refractivity contribution >= 4 is 36.8 Å². The summed E-state index contributed by atoms with van der Waals surface area (Å²) in [6, 6.07) is 0.0587. The van der Waals surface area contributed by atoms with Crippen LogP contribution >= 0.6 is 31.0 Å². The van der Waals surface area contributed by atoms with E-state index >= 15 is 0 Å².